The summed E-state index contributed by atoms with van der Waals surface area (Å²) in [5, 5.41) is 40.2. The molecule has 1 fully saturated rings. The summed E-state index contributed by atoms with van der Waals surface area (Å²) in [5.74, 6) is -0.316. The number of hydrogen-bond donors (Lipinski definition) is 4. The number of allylic oxidation sites excluding steroid dienone is 10. The molecule has 0 aromatic rings. The Morgan fingerprint density at radius 1 is 0.532 bits per heavy atom. The molecule has 0 aromatic carbocycles. The van der Waals surface area contributed by atoms with Gasteiger partial charge in [0.2, 0.25) is 0 Å². The fourth-order valence-corrected chi connectivity index (χ4v) is 7.52. The Kier molecular flexibility index (Phi) is 41.2. The summed E-state index contributed by atoms with van der Waals surface area (Å²) in [5.41, 5.74) is 0. The minimum absolute atomic E-state index is 0.117. The van der Waals surface area contributed by atoms with Crippen LogP contribution >= 0.6 is 0 Å². The Morgan fingerprint density at radius 3 is 1.48 bits per heavy atom. The molecule has 0 amide bonds. The van der Waals surface area contributed by atoms with Gasteiger partial charge in [-0.15, -0.1) is 0 Å². The standard InChI is InChI=1S/C53H94O9/c1-3-5-7-9-11-13-15-17-19-20-21-22-23-24-25-26-27-29-31-33-35-37-39-41-43-59-45-47(46-60-53-52(58)51(57)50(56)48(44-54)62-53)61-49(55)42-40-38-36-34-32-30-28-18-16-14-12-10-8-6-4-2/h5,7,11,13,17,19,21-22,24-25,47-48,50-54,56-58H,3-4,6,8-10,12,14-16,18,20,23,26-46H2,1-2H3/b7-5-,13-11-,19-17-,22-21-,25-24-. The molecule has 0 spiro atoms. The number of esters is 1. The van der Waals surface area contributed by atoms with E-state index < -0.39 is 43.4 Å². The van der Waals surface area contributed by atoms with E-state index in [2.05, 4.69) is 74.6 Å². The first-order valence-corrected chi connectivity index (χ1v) is 25.4. The average molecular weight is 875 g/mol. The van der Waals surface area contributed by atoms with Gasteiger partial charge in [0, 0.05) is 13.0 Å². The van der Waals surface area contributed by atoms with Crippen molar-refractivity contribution in [1.82, 2.24) is 0 Å². The minimum atomic E-state index is -1.54. The molecule has 1 rings (SSSR count). The maximum Gasteiger partial charge on any atom is 0.306 e. The molecular formula is C53H94O9. The Hall–Kier alpha value is -2.11. The second kappa shape index (κ2) is 44.1. The summed E-state index contributed by atoms with van der Waals surface area (Å²) in [7, 11) is 0. The Labute approximate surface area is 379 Å². The molecular weight excluding hydrogens is 781 g/mol. The first-order valence-electron chi connectivity index (χ1n) is 25.4. The van der Waals surface area contributed by atoms with Gasteiger partial charge in [0.15, 0.2) is 6.29 Å². The molecule has 0 aromatic heterocycles. The monoisotopic (exact) mass is 875 g/mol. The summed E-state index contributed by atoms with van der Waals surface area (Å²) >= 11 is 0. The summed E-state index contributed by atoms with van der Waals surface area (Å²) in [4.78, 5) is 12.8. The average Bonchev–Trinajstić information content (AvgIpc) is 3.27. The van der Waals surface area contributed by atoms with Gasteiger partial charge < -0.3 is 39.4 Å². The van der Waals surface area contributed by atoms with E-state index >= 15 is 0 Å². The fraction of sp³-hybridized carbons (Fsp3) is 0.792. The number of aliphatic hydroxyl groups is 4. The molecule has 360 valence electrons. The van der Waals surface area contributed by atoms with Crippen LogP contribution in [0.25, 0.3) is 0 Å². The zero-order valence-electron chi connectivity index (χ0n) is 39.6. The summed E-state index contributed by atoms with van der Waals surface area (Å²) in [6, 6.07) is 0. The van der Waals surface area contributed by atoms with E-state index in [0.29, 0.717) is 13.0 Å². The van der Waals surface area contributed by atoms with Crippen LogP contribution < -0.4 is 0 Å². The van der Waals surface area contributed by atoms with E-state index in [1.807, 2.05) is 0 Å². The first kappa shape index (κ1) is 57.9. The highest BCUT2D eigenvalue weighted by Crippen LogP contribution is 2.23. The number of rotatable bonds is 43. The lowest BCUT2D eigenvalue weighted by molar-refractivity contribution is -0.305. The third kappa shape index (κ3) is 34.3. The van der Waals surface area contributed by atoms with E-state index in [0.717, 1.165) is 77.0 Å². The first-order chi connectivity index (χ1) is 30.4. The van der Waals surface area contributed by atoms with Gasteiger partial charge in [-0.1, -0.05) is 203 Å². The van der Waals surface area contributed by atoms with Gasteiger partial charge in [-0.25, -0.2) is 0 Å². The van der Waals surface area contributed by atoms with Crippen molar-refractivity contribution in [1.29, 1.82) is 0 Å². The summed E-state index contributed by atoms with van der Waals surface area (Å²) in [6.45, 7) is 4.44. The van der Waals surface area contributed by atoms with E-state index in [1.165, 1.54) is 109 Å². The van der Waals surface area contributed by atoms with E-state index in [-0.39, 0.29) is 19.2 Å². The van der Waals surface area contributed by atoms with E-state index in [1.54, 1.807) is 0 Å². The van der Waals surface area contributed by atoms with Crippen molar-refractivity contribution in [3.8, 4) is 0 Å². The number of carbonyl (C=O) groups is 1. The van der Waals surface area contributed by atoms with Gasteiger partial charge in [-0.2, -0.15) is 0 Å². The second-order valence-corrected chi connectivity index (χ2v) is 17.2. The van der Waals surface area contributed by atoms with Crippen LogP contribution in [0.2, 0.25) is 0 Å². The van der Waals surface area contributed by atoms with E-state index in [9.17, 15) is 25.2 Å². The third-order valence-corrected chi connectivity index (χ3v) is 11.4. The fourth-order valence-electron chi connectivity index (χ4n) is 7.52. The van der Waals surface area contributed by atoms with Crippen LogP contribution in [0.5, 0.6) is 0 Å². The second-order valence-electron chi connectivity index (χ2n) is 17.2. The van der Waals surface area contributed by atoms with Crippen molar-refractivity contribution >= 4 is 5.97 Å². The molecule has 0 aliphatic carbocycles. The Morgan fingerprint density at radius 2 is 0.984 bits per heavy atom. The molecule has 1 aliphatic rings. The topological polar surface area (TPSA) is 135 Å². The van der Waals surface area contributed by atoms with Crippen molar-refractivity contribution in [3.05, 3.63) is 60.8 Å². The molecule has 62 heavy (non-hydrogen) atoms. The van der Waals surface area contributed by atoms with Crippen LogP contribution in [0.1, 0.15) is 206 Å². The molecule has 0 saturated carbocycles. The highest BCUT2D eigenvalue weighted by Gasteiger charge is 2.44. The van der Waals surface area contributed by atoms with Gasteiger partial charge in [0.25, 0.3) is 0 Å². The zero-order chi connectivity index (χ0) is 45.0. The summed E-state index contributed by atoms with van der Waals surface area (Å²) < 4.78 is 22.9. The van der Waals surface area contributed by atoms with Crippen molar-refractivity contribution in [3.63, 3.8) is 0 Å². The zero-order valence-corrected chi connectivity index (χ0v) is 39.6. The largest absolute Gasteiger partial charge is 0.457 e. The molecule has 1 saturated heterocycles. The molecule has 6 atom stereocenters. The maximum absolute atomic E-state index is 12.8. The highest BCUT2D eigenvalue weighted by molar-refractivity contribution is 5.69. The van der Waals surface area contributed by atoms with Gasteiger partial charge in [0.05, 0.1) is 19.8 Å². The van der Waals surface area contributed by atoms with Crippen LogP contribution in [0, 0.1) is 0 Å². The van der Waals surface area contributed by atoms with Crippen molar-refractivity contribution in [2.24, 2.45) is 0 Å². The van der Waals surface area contributed by atoms with Crippen molar-refractivity contribution in [2.75, 3.05) is 26.4 Å². The van der Waals surface area contributed by atoms with Crippen molar-refractivity contribution < 1.29 is 44.2 Å². The normalized spacial score (nSPS) is 20.3. The Bertz CT molecular complexity index is 1130. The highest BCUT2D eigenvalue weighted by atomic mass is 16.7. The number of carbonyl (C=O) groups excluding carboxylic acids is 1. The van der Waals surface area contributed by atoms with Gasteiger partial charge in [-0.05, 0) is 57.8 Å². The molecule has 0 bridgehead atoms. The number of aliphatic hydroxyl groups excluding tert-OH is 4. The van der Waals surface area contributed by atoms with Crippen LogP contribution in [-0.2, 0) is 23.7 Å². The molecule has 6 unspecified atom stereocenters. The predicted octanol–water partition coefficient (Wildman–Crippen LogP) is 12.3. The van der Waals surface area contributed by atoms with Crippen LogP contribution in [0.4, 0.5) is 0 Å². The molecule has 1 aliphatic heterocycles. The Balaban J connectivity index is 2.20. The number of ether oxygens (including phenoxy) is 4. The van der Waals surface area contributed by atoms with Crippen LogP contribution in [0.3, 0.4) is 0 Å². The lowest BCUT2D eigenvalue weighted by Gasteiger charge is -2.39. The molecule has 0 radical (unpaired) electrons. The number of hydrogen-bond acceptors (Lipinski definition) is 9. The van der Waals surface area contributed by atoms with Gasteiger partial charge >= 0.3 is 5.97 Å². The molecule has 1 heterocycles. The van der Waals surface area contributed by atoms with Crippen molar-refractivity contribution in [2.45, 2.75) is 243 Å². The smallest absolute Gasteiger partial charge is 0.306 e. The lowest BCUT2D eigenvalue weighted by Crippen LogP contribution is -2.59. The minimum Gasteiger partial charge on any atom is -0.457 e. The molecule has 4 N–H and O–H groups in total. The predicted molar refractivity (Wildman–Crippen MR) is 256 cm³/mol. The third-order valence-electron chi connectivity index (χ3n) is 11.4. The van der Waals surface area contributed by atoms with E-state index in [4.69, 9.17) is 18.9 Å². The van der Waals surface area contributed by atoms with Crippen LogP contribution in [0.15, 0.2) is 60.8 Å². The van der Waals surface area contributed by atoms with Gasteiger partial charge in [0.1, 0.15) is 30.5 Å². The maximum atomic E-state index is 12.8. The van der Waals surface area contributed by atoms with Crippen LogP contribution in [-0.4, -0.2) is 89.6 Å². The quantitative estimate of drug-likeness (QED) is 0.0268. The summed E-state index contributed by atoms with van der Waals surface area (Å²) in [6.07, 6.45) is 49.6. The molecule has 9 nitrogen and oxygen atoms in total. The lowest BCUT2D eigenvalue weighted by atomic mass is 9.99. The number of unbranched alkanes of at least 4 members (excludes halogenated alkanes) is 22. The molecule has 9 heteroatoms. The SMILES string of the molecule is CC/C=C\C/C=C\C/C=C\C/C=C\C/C=C\CCCCCCCCCCOCC(COC1OC(CO)C(O)C(O)C1O)OC(=O)CCCCCCCCCCCCCCCCC. The van der Waals surface area contributed by atoms with Gasteiger partial charge in [-0.3, -0.25) is 4.79 Å².